The first kappa shape index (κ1) is 53.7. The molecule has 1 aliphatic carbocycles. The van der Waals surface area contributed by atoms with E-state index in [1.807, 2.05) is 45.1 Å². The Morgan fingerprint density at radius 2 is 1.63 bits per heavy atom. The Bertz CT molecular complexity index is 1920. The van der Waals surface area contributed by atoms with Gasteiger partial charge in [-0.3, -0.25) is 4.79 Å². The van der Waals surface area contributed by atoms with Crippen LogP contribution >= 0.6 is 0 Å². The SMILES string of the molecule is CC[C@@H](C)[C@H]1O[C@]2(C=C[C@@H]1C)C[C@@H]1C[C@@H](C/C=C(\C)[C@@H](O[C@H]3C[C@H](OC)C([C@H]4C[C@H](OC)[C@H](O)[C@H](C)O4)[C@H](C)O3)[C@@H](C)/C=C/C=C3\CO[C@@H]4[C@H](O[Si](C)(C)C(C)(C)C)C(C)=C[C@@H](C(=O)O1)[C@]34O)O2. The molecule has 6 heterocycles. The van der Waals surface area contributed by atoms with E-state index in [2.05, 4.69) is 86.7 Å². The fourth-order valence-electron chi connectivity index (χ4n) is 11.7. The molecule has 13 nitrogen and oxygen atoms in total. The van der Waals surface area contributed by atoms with Crippen LogP contribution in [0.25, 0.3) is 0 Å². The highest BCUT2D eigenvalue weighted by atomic mass is 28.4. The number of carbonyl (C=O) groups excluding carboxylic acids is 1. The van der Waals surface area contributed by atoms with Gasteiger partial charge in [-0.1, -0.05) is 91.3 Å². The van der Waals surface area contributed by atoms with E-state index in [1.165, 1.54) is 0 Å². The predicted octanol–water partition coefficient (Wildman–Crippen LogP) is 8.68. The molecule has 0 aromatic heterocycles. The van der Waals surface area contributed by atoms with Crippen LogP contribution in [0.5, 0.6) is 0 Å². The van der Waals surface area contributed by atoms with Gasteiger partial charge < -0.3 is 57.3 Å². The molecule has 1 unspecified atom stereocenters. The molecule has 14 heteroatoms. The number of allylic oxidation sites excluding steroid dienone is 2. The van der Waals surface area contributed by atoms with Gasteiger partial charge >= 0.3 is 5.97 Å². The van der Waals surface area contributed by atoms with Crippen LogP contribution in [0.1, 0.15) is 115 Å². The summed E-state index contributed by atoms with van der Waals surface area (Å²) in [5, 5.41) is 23.8. The molecule has 7 rings (SSSR count). The minimum Gasteiger partial charge on any atom is -0.462 e. The van der Waals surface area contributed by atoms with E-state index < -0.39 is 74.5 Å². The minimum absolute atomic E-state index is 0.0818. The van der Waals surface area contributed by atoms with E-state index >= 15 is 0 Å². The molecule has 68 heavy (non-hydrogen) atoms. The summed E-state index contributed by atoms with van der Waals surface area (Å²) in [6.45, 7) is 27.7. The standard InChI is InChI=1S/C54H86O13Si/c1-16-30(2)48-33(5)22-23-53(66-48)28-39-25-38(65-53)21-20-32(4)47(64-44-27-41(58-12)45(35(7)62-44)42-26-43(59-13)46(55)36(8)61-42)31(3)18-17-19-37-29-60-50-49(67-68(14,15)52(9,10)11)34(6)24-40(51(56)63-39)54(37,50)57/h17-20,22-24,30-31,33,35-36,38-50,55,57H,16,21,25-29H2,1-15H3/b18-17+,32-20+,37-19+/t30-,31+,33+,35+,36+,38-,39+,40+,41+,42-,43+,44+,45?,46-,47+,48-,49-,50-,53-,54-/m1/s1. The molecule has 384 valence electrons. The van der Waals surface area contributed by atoms with Crippen LogP contribution in [-0.4, -0.2) is 136 Å². The van der Waals surface area contributed by atoms with Gasteiger partial charge in [0.2, 0.25) is 0 Å². The number of rotatable bonds is 9. The molecule has 0 amide bonds. The average molecular weight is 971 g/mol. The van der Waals surface area contributed by atoms with Crippen LogP contribution < -0.4 is 0 Å². The van der Waals surface area contributed by atoms with Crippen LogP contribution in [0.2, 0.25) is 18.1 Å². The van der Waals surface area contributed by atoms with E-state index in [9.17, 15) is 15.0 Å². The molecule has 4 fully saturated rings. The molecule has 0 aromatic rings. The highest BCUT2D eigenvalue weighted by Gasteiger charge is 2.62. The number of esters is 1. The summed E-state index contributed by atoms with van der Waals surface area (Å²) in [5.74, 6) is -2.46. The van der Waals surface area contributed by atoms with Gasteiger partial charge in [0.25, 0.3) is 0 Å². The van der Waals surface area contributed by atoms with Gasteiger partial charge in [-0.2, -0.15) is 0 Å². The second-order valence-electron chi connectivity index (χ2n) is 22.9. The zero-order valence-corrected chi connectivity index (χ0v) is 44.8. The van der Waals surface area contributed by atoms with Gasteiger partial charge in [-0.15, -0.1) is 0 Å². The molecule has 2 bridgehead atoms. The quantitative estimate of drug-likeness (QED) is 0.129. The molecule has 4 saturated heterocycles. The van der Waals surface area contributed by atoms with Gasteiger partial charge in [0.1, 0.15) is 29.8 Å². The van der Waals surface area contributed by atoms with E-state index in [1.54, 1.807) is 14.2 Å². The summed E-state index contributed by atoms with van der Waals surface area (Å²) in [7, 11) is 0.976. The molecule has 6 aliphatic heterocycles. The lowest BCUT2D eigenvalue weighted by Gasteiger charge is -2.49. The zero-order valence-electron chi connectivity index (χ0n) is 43.8. The minimum atomic E-state index is -2.37. The van der Waals surface area contributed by atoms with E-state index in [4.69, 9.17) is 47.1 Å². The number of hydrogen-bond donors (Lipinski definition) is 2. The summed E-state index contributed by atoms with van der Waals surface area (Å²) in [5.41, 5.74) is 0.695. The molecule has 2 N–H and O–H groups in total. The maximum atomic E-state index is 14.8. The van der Waals surface area contributed by atoms with E-state index in [0.29, 0.717) is 37.7 Å². The van der Waals surface area contributed by atoms with Crippen LogP contribution in [0, 0.1) is 29.6 Å². The van der Waals surface area contributed by atoms with Gasteiger partial charge in [0, 0.05) is 57.7 Å². The second-order valence-corrected chi connectivity index (χ2v) is 27.7. The Balaban J connectivity index is 1.24. The maximum absolute atomic E-state index is 14.8. The predicted molar refractivity (Wildman–Crippen MR) is 262 cm³/mol. The summed E-state index contributed by atoms with van der Waals surface area (Å²) < 4.78 is 66.2. The average Bonchev–Trinajstić information content (AvgIpc) is 3.62. The van der Waals surface area contributed by atoms with Crippen LogP contribution in [0.4, 0.5) is 0 Å². The van der Waals surface area contributed by atoms with E-state index in [-0.39, 0.29) is 71.9 Å². The Morgan fingerprint density at radius 1 is 0.912 bits per heavy atom. The molecule has 0 radical (unpaired) electrons. The third kappa shape index (κ3) is 10.8. The maximum Gasteiger partial charge on any atom is 0.316 e. The normalized spacial score (nSPS) is 46.4. The topological polar surface area (TPSA) is 150 Å². The van der Waals surface area contributed by atoms with Crippen molar-refractivity contribution in [3.8, 4) is 0 Å². The van der Waals surface area contributed by atoms with Crippen molar-refractivity contribution in [3.05, 3.63) is 59.3 Å². The monoisotopic (exact) mass is 971 g/mol. The van der Waals surface area contributed by atoms with Crippen molar-refractivity contribution in [2.75, 3.05) is 20.8 Å². The number of aliphatic hydroxyl groups is 2. The second kappa shape index (κ2) is 21.2. The van der Waals surface area contributed by atoms with Gasteiger partial charge in [0.05, 0.1) is 61.5 Å². The van der Waals surface area contributed by atoms with Gasteiger partial charge in [0.15, 0.2) is 20.4 Å². The molecule has 0 saturated carbocycles. The Hall–Kier alpha value is -2.05. The first-order chi connectivity index (χ1) is 31.9. The summed E-state index contributed by atoms with van der Waals surface area (Å²) in [6.07, 6.45) is 11.8. The Kier molecular flexibility index (Phi) is 16.7. The smallest absolute Gasteiger partial charge is 0.316 e. The molecule has 7 aliphatic rings. The number of methoxy groups -OCH3 is 2. The third-order valence-corrected chi connectivity index (χ3v) is 21.5. The molecular formula is C54H86O13Si. The molecule has 0 aromatic carbocycles. The number of ether oxygens (including phenoxy) is 9. The lowest BCUT2D eigenvalue weighted by Crippen LogP contribution is -2.60. The number of carbonyl (C=O) groups is 1. The lowest BCUT2D eigenvalue weighted by atomic mass is 9.71. The number of hydrogen-bond acceptors (Lipinski definition) is 13. The highest BCUT2D eigenvalue weighted by Crippen LogP contribution is 2.50. The van der Waals surface area contributed by atoms with Crippen molar-refractivity contribution in [3.63, 3.8) is 0 Å². The fraction of sp³-hybridized carbons (Fsp3) is 0.796. The Morgan fingerprint density at radius 3 is 2.31 bits per heavy atom. The first-order valence-electron chi connectivity index (χ1n) is 25.7. The lowest BCUT2D eigenvalue weighted by molar-refractivity contribution is -0.300. The van der Waals surface area contributed by atoms with Crippen molar-refractivity contribution < 1.29 is 62.1 Å². The fourth-order valence-corrected chi connectivity index (χ4v) is 13.0. The van der Waals surface area contributed by atoms with Gasteiger partial charge in [-0.25, -0.2) is 0 Å². The van der Waals surface area contributed by atoms with Gasteiger partial charge in [-0.05, 0) is 81.0 Å². The van der Waals surface area contributed by atoms with E-state index in [0.717, 1.165) is 17.6 Å². The van der Waals surface area contributed by atoms with Crippen molar-refractivity contribution in [1.29, 1.82) is 0 Å². The van der Waals surface area contributed by atoms with Crippen molar-refractivity contribution in [2.24, 2.45) is 29.6 Å². The molecule has 1 spiro atoms. The Labute approximate surface area is 408 Å². The van der Waals surface area contributed by atoms with Crippen LogP contribution in [0.15, 0.2) is 59.3 Å². The number of fused-ring (bicyclic) bond motifs is 2. The summed E-state index contributed by atoms with van der Waals surface area (Å²) in [4.78, 5) is 14.8. The van der Waals surface area contributed by atoms with Crippen molar-refractivity contribution in [2.45, 2.75) is 224 Å². The third-order valence-electron chi connectivity index (χ3n) is 17.0. The van der Waals surface area contributed by atoms with Crippen LogP contribution in [0.3, 0.4) is 0 Å². The van der Waals surface area contributed by atoms with Crippen molar-refractivity contribution in [1.82, 2.24) is 0 Å². The zero-order chi connectivity index (χ0) is 49.7. The largest absolute Gasteiger partial charge is 0.462 e. The van der Waals surface area contributed by atoms with Crippen LogP contribution in [-0.2, 0) is 51.9 Å². The highest BCUT2D eigenvalue weighted by molar-refractivity contribution is 6.74. The molecular weight excluding hydrogens is 885 g/mol. The summed E-state index contributed by atoms with van der Waals surface area (Å²) in [6, 6.07) is 0. The molecule has 20 atom stereocenters. The van der Waals surface area contributed by atoms with Crippen molar-refractivity contribution >= 4 is 14.3 Å². The summed E-state index contributed by atoms with van der Waals surface area (Å²) >= 11 is 0. The first-order valence-corrected chi connectivity index (χ1v) is 28.6. The number of aliphatic hydroxyl groups excluding tert-OH is 1.